The van der Waals surface area contributed by atoms with Gasteiger partial charge in [-0.15, -0.1) is 11.6 Å². The monoisotopic (exact) mass is 292 g/mol. The molecule has 1 atom stereocenters. The third kappa shape index (κ3) is 5.81. The molecule has 0 aliphatic rings. The third-order valence-electron chi connectivity index (χ3n) is 1.59. The molecule has 0 amide bonds. The highest BCUT2D eigenvalue weighted by molar-refractivity contribution is 7.74. The number of rotatable bonds is 9. The van der Waals surface area contributed by atoms with Crippen LogP contribution in [0, 0.1) is 0 Å². The molecule has 0 aliphatic carbocycles. The Morgan fingerprint density at radius 2 is 1.38 bits per heavy atom. The summed E-state index contributed by atoms with van der Waals surface area (Å²) >= 11 is 5.57. The molecular weight excluding hydrogens is 273 g/mol. The molecule has 0 aromatic carbocycles. The molecule has 0 spiro atoms. The molecule has 0 aromatic rings. The van der Waals surface area contributed by atoms with Gasteiger partial charge in [-0.05, 0) is 20.8 Å². The van der Waals surface area contributed by atoms with E-state index >= 15 is 0 Å². The maximum absolute atomic E-state index is 12.1. The van der Waals surface area contributed by atoms with Gasteiger partial charge in [-0.2, -0.15) is 0 Å². The fourth-order valence-corrected chi connectivity index (χ4v) is 6.81. The topological polar surface area (TPSA) is 61.8 Å². The second-order valence-corrected chi connectivity index (χ2v) is 8.65. The summed E-state index contributed by atoms with van der Waals surface area (Å²) in [4.78, 5) is 0. The summed E-state index contributed by atoms with van der Waals surface area (Å²) in [6, 6.07) is 0. The minimum absolute atomic E-state index is 0.190. The van der Waals surface area contributed by atoms with Gasteiger partial charge in [-0.3, -0.25) is 9.13 Å². The maximum atomic E-state index is 12.1. The molecule has 5 nitrogen and oxygen atoms in total. The summed E-state index contributed by atoms with van der Waals surface area (Å²) in [5.74, 6) is -0.265. The fraction of sp³-hybridized carbons (Fsp3) is 1.00. The molecule has 0 rings (SSSR count). The molecule has 0 fully saturated rings. The first-order valence-electron chi connectivity index (χ1n) is 5.12. The molecule has 0 heterocycles. The van der Waals surface area contributed by atoms with E-state index in [0.717, 1.165) is 0 Å². The van der Waals surface area contributed by atoms with Gasteiger partial charge in [0, 0.05) is 0 Å². The molecule has 16 heavy (non-hydrogen) atoms. The van der Waals surface area contributed by atoms with Gasteiger partial charge in [0.1, 0.15) is 5.90 Å². The van der Waals surface area contributed by atoms with Gasteiger partial charge in [0.2, 0.25) is 7.37 Å². The second-order valence-electron chi connectivity index (χ2n) is 2.94. The number of alkyl halides is 1. The van der Waals surface area contributed by atoms with Crippen LogP contribution in [0.15, 0.2) is 0 Å². The van der Waals surface area contributed by atoms with Crippen LogP contribution in [0.1, 0.15) is 20.8 Å². The van der Waals surface area contributed by atoms with Crippen molar-refractivity contribution in [2.45, 2.75) is 20.8 Å². The Morgan fingerprint density at radius 1 is 0.938 bits per heavy atom. The zero-order valence-corrected chi connectivity index (χ0v) is 12.4. The lowest BCUT2D eigenvalue weighted by atomic mass is 10.9. The Bertz CT molecular complexity index is 274. The summed E-state index contributed by atoms with van der Waals surface area (Å²) in [6.07, 6.45) is 0. The molecule has 0 saturated carbocycles. The van der Waals surface area contributed by atoms with Gasteiger partial charge in [0.05, 0.1) is 25.4 Å². The van der Waals surface area contributed by atoms with Crippen molar-refractivity contribution in [3.8, 4) is 0 Å². The molecule has 0 bridgehead atoms. The minimum atomic E-state index is -3.36. The zero-order valence-electron chi connectivity index (χ0n) is 9.85. The van der Waals surface area contributed by atoms with Gasteiger partial charge in [0.15, 0.2) is 0 Å². The molecule has 98 valence electrons. The first kappa shape index (κ1) is 16.6. The van der Waals surface area contributed by atoms with Crippen molar-refractivity contribution >= 4 is 26.6 Å². The maximum Gasteiger partial charge on any atom is 0.340 e. The Labute approximate surface area is 102 Å². The summed E-state index contributed by atoms with van der Waals surface area (Å²) in [5.41, 5.74) is -0.190. The van der Waals surface area contributed by atoms with E-state index in [0.29, 0.717) is 0 Å². The highest BCUT2D eigenvalue weighted by atomic mass is 35.5. The molecule has 8 heteroatoms. The predicted molar refractivity (Wildman–Crippen MR) is 65.7 cm³/mol. The van der Waals surface area contributed by atoms with Gasteiger partial charge < -0.3 is 13.6 Å². The largest absolute Gasteiger partial charge is 0.340 e. The summed E-state index contributed by atoms with van der Waals surface area (Å²) in [7, 11) is -6.49. The van der Waals surface area contributed by atoms with Crippen molar-refractivity contribution in [3.05, 3.63) is 0 Å². The second kappa shape index (κ2) is 7.86. The van der Waals surface area contributed by atoms with Gasteiger partial charge in [0.25, 0.3) is 0 Å². The van der Waals surface area contributed by atoms with E-state index in [2.05, 4.69) is 0 Å². The van der Waals surface area contributed by atoms with Crippen LogP contribution in [-0.4, -0.2) is 31.3 Å². The predicted octanol–water partition coefficient (Wildman–Crippen LogP) is 3.72. The number of hydrogen-bond donors (Lipinski definition) is 0. The van der Waals surface area contributed by atoms with Gasteiger partial charge in [-0.1, -0.05) is 0 Å². The molecule has 0 aliphatic heterocycles. The van der Waals surface area contributed by atoms with E-state index < -0.39 is 15.0 Å². The van der Waals surface area contributed by atoms with E-state index in [9.17, 15) is 9.13 Å². The van der Waals surface area contributed by atoms with Crippen LogP contribution in [0.2, 0.25) is 0 Å². The lowest BCUT2D eigenvalue weighted by Crippen LogP contribution is -2.04. The van der Waals surface area contributed by atoms with Crippen LogP contribution in [-0.2, 0) is 22.7 Å². The Hall–Kier alpha value is 0.630. The van der Waals surface area contributed by atoms with Crippen LogP contribution in [0.3, 0.4) is 0 Å². The van der Waals surface area contributed by atoms with E-state index in [1.807, 2.05) is 0 Å². The normalized spacial score (nSPS) is 16.0. The SMILES string of the molecule is CCOP(=O)(CCl)CP(=O)(OCC)OCC. The Morgan fingerprint density at radius 3 is 1.69 bits per heavy atom. The molecule has 1 unspecified atom stereocenters. The van der Waals surface area contributed by atoms with E-state index in [4.69, 9.17) is 25.2 Å². The highest BCUT2D eigenvalue weighted by Crippen LogP contribution is 2.63. The lowest BCUT2D eigenvalue weighted by molar-refractivity contribution is 0.222. The lowest BCUT2D eigenvalue weighted by Gasteiger charge is -2.21. The first-order valence-corrected chi connectivity index (χ1v) is 9.37. The van der Waals surface area contributed by atoms with Crippen molar-refractivity contribution in [2.24, 2.45) is 0 Å². The Kier molecular flexibility index (Phi) is 8.17. The van der Waals surface area contributed by atoms with Crippen LogP contribution in [0.4, 0.5) is 0 Å². The van der Waals surface area contributed by atoms with Crippen molar-refractivity contribution in [3.63, 3.8) is 0 Å². The molecular formula is C8H19ClO5P2. The van der Waals surface area contributed by atoms with E-state index in [1.165, 1.54) is 0 Å². The fourth-order valence-electron chi connectivity index (χ4n) is 1.12. The third-order valence-corrected chi connectivity index (χ3v) is 8.18. The number of halogens is 1. The van der Waals surface area contributed by atoms with Crippen molar-refractivity contribution in [1.82, 2.24) is 0 Å². The summed E-state index contributed by atoms with van der Waals surface area (Å²) in [5, 5.41) is 0. The summed E-state index contributed by atoms with van der Waals surface area (Å²) < 4.78 is 39.3. The van der Waals surface area contributed by atoms with Crippen molar-refractivity contribution in [1.29, 1.82) is 0 Å². The standard InChI is InChI=1S/C8H19ClO5P2/c1-4-12-15(10,7-9)8-16(11,13-5-2)14-6-3/h4-8H2,1-3H3. The van der Waals surface area contributed by atoms with E-state index in [-0.39, 0.29) is 31.3 Å². The minimum Gasteiger partial charge on any atom is -0.328 e. The van der Waals surface area contributed by atoms with Crippen LogP contribution < -0.4 is 0 Å². The smallest absolute Gasteiger partial charge is 0.328 e. The molecule has 0 saturated heterocycles. The number of hydrogen-bond acceptors (Lipinski definition) is 5. The summed E-state index contributed by atoms with van der Waals surface area (Å²) in [6.45, 7) is 5.79. The zero-order chi connectivity index (χ0) is 12.7. The van der Waals surface area contributed by atoms with Gasteiger partial charge >= 0.3 is 7.60 Å². The first-order chi connectivity index (χ1) is 7.45. The molecule has 0 aromatic heterocycles. The average molecular weight is 293 g/mol. The van der Waals surface area contributed by atoms with Crippen LogP contribution in [0.25, 0.3) is 0 Å². The molecule has 0 N–H and O–H groups in total. The average Bonchev–Trinajstić information content (AvgIpc) is 2.18. The van der Waals surface area contributed by atoms with Crippen LogP contribution in [0.5, 0.6) is 0 Å². The Balaban J connectivity index is 4.71. The van der Waals surface area contributed by atoms with Crippen molar-refractivity contribution < 1.29 is 22.7 Å². The highest BCUT2D eigenvalue weighted by Gasteiger charge is 2.36. The molecule has 0 radical (unpaired) electrons. The van der Waals surface area contributed by atoms with Crippen molar-refractivity contribution in [2.75, 3.05) is 31.3 Å². The van der Waals surface area contributed by atoms with Gasteiger partial charge in [-0.25, -0.2) is 0 Å². The van der Waals surface area contributed by atoms with Crippen LogP contribution >= 0.6 is 26.6 Å². The van der Waals surface area contributed by atoms with E-state index in [1.54, 1.807) is 20.8 Å². The quantitative estimate of drug-likeness (QED) is 0.479.